The Morgan fingerprint density at radius 2 is 2.39 bits per heavy atom. The van der Waals surface area contributed by atoms with E-state index in [1.165, 1.54) is 16.4 Å². The highest BCUT2D eigenvalue weighted by Crippen LogP contribution is 2.20. The molecule has 0 radical (unpaired) electrons. The molecular formula is C12H19N5S. The van der Waals surface area contributed by atoms with Gasteiger partial charge in [-0.15, -0.1) is 5.10 Å². The third-order valence-corrected chi connectivity index (χ3v) is 3.72. The predicted octanol–water partition coefficient (Wildman–Crippen LogP) is 1.95. The Balaban J connectivity index is 1.95. The Kier molecular flexibility index (Phi) is 4.83. The number of nitrogens with zero attached hydrogens (tertiary/aromatic N) is 4. The van der Waals surface area contributed by atoms with E-state index in [-0.39, 0.29) is 0 Å². The van der Waals surface area contributed by atoms with Gasteiger partial charge in [0.1, 0.15) is 5.82 Å². The maximum Gasteiger partial charge on any atom is 0.108 e. The van der Waals surface area contributed by atoms with Gasteiger partial charge in [-0.05, 0) is 30.9 Å². The summed E-state index contributed by atoms with van der Waals surface area (Å²) in [4.78, 5) is 5.56. The van der Waals surface area contributed by atoms with Crippen molar-refractivity contribution in [3.05, 3.63) is 29.3 Å². The Bertz CT molecular complexity index is 451. The normalized spacial score (nSPS) is 12.8. The van der Waals surface area contributed by atoms with Crippen LogP contribution in [0, 0.1) is 0 Å². The Labute approximate surface area is 111 Å². The summed E-state index contributed by atoms with van der Waals surface area (Å²) in [5, 5.41) is 7.47. The lowest BCUT2D eigenvalue weighted by Gasteiger charge is -2.15. The number of hydrogen-bond donors (Lipinski definition) is 1. The van der Waals surface area contributed by atoms with E-state index in [0.717, 1.165) is 31.6 Å². The van der Waals surface area contributed by atoms with E-state index in [1.807, 2.05) is 25.6 Å². The van der Waals surface area contributed by atoms with E-state index in [9.17, 15) is 0 Å². The number of hydrogen-bond acceptors (Lipinski definition) is 5. The smallest absolute Gasteiger partial charge is 0.108 e. The second-order valence-electron chi connectivity index (χ2n) is 4.32. The van der Waals surface area contributed by atoms with Gasteiger partial charge in [0, 0.05) is 31.9 Å². The van der Waals surface area contributed by atoms with E-state index in [4.69, 9.17) is 0 Å². The molecule has 2 rings (SSSR count). The predicted molar refractivity (Wildman–Crippen MR) is 72.5 cm³/mol. The van der Waals surface area contributed by atoms with Gasteiger partial charge in [0.25, 0.3) is 0 Å². The van der Waals surface area contributed by atoms with Crippen LogP contribution in [0.5, 0.6) is 0 Å². The van der Waals surface area contributed by atoms with Crippen molar-refractivity contribution in [1.82, 2.24) is 24.5 Å². The van der Waals surface area contributed by atoms with Crippen molar-refractivity contribution in [2.45, 2.75) is 32.2 Å². The lowest BCUT2D eigenvalue weighted by atomic mass is 10.1. The molecule has 0 aromatic carbocycles. The molecule has 0 spiro atoms. The molecule has 6 heteroatoms. The maximum atomic E-state index is 4.36. The van der Waals surface area contributed by atoms with Gasteiger partial charge in [0.15, 0.2) is 0 Å². The SMILES string of the molecule is CCCNC(CCc1nccn1C)c1cnns1. The fourth-order valence-electron chi connectivity index (χ4n) is 1.90. The summed E-state index contributed by atoms with van der Waals surface area (Å²) in [6.07, 6.45) is 8.80. The first-order valence-corrected chi connectivity index (χ1v) is 7.05. The van der Waals surface area contributed by atoms with E-state index < -0.39 is 0 Å². The van der Waals surface area contributed by atoms with E-state index in [2.05, 4.69) is 31.4 Å². The summed E-state index contributed by atoms with van der Waals surface area (Å²) in [7, 11) is 2.03. The van der Waals surface area contributed by atoms with Crippen molar-refractivity contribution in [3.63, 3.8) is 0 Å². The Morgan fingerprint density at radius 1 is 1.50 bits per heavy atom. The van der Waals surface area contributed by atoms with Crippen molar-refractivity contribution in [1.29, 1.82) is 0 Å². The number of rotatable bonds is 7. The number of aromatic nitrogens is 4. The van der Waals surface area contributed by atoms with Gasteiger partial charge < -0.3 is 9.88 Å². The molecule has 0 saturated carbocycles. The average Bonchev–Trinajstić information content (AvgIpc) is 3.01. The van der Waals surface area contributed by atoms with Gasteiger partial charge >= 0.3 is 0 Å². The van der Waals surface area contributed by atoms with Crippen LogP contribution in [-0.2, 0) is 13.5 Å². The van der Waals surface area contributed by atoms with Crippen LogP contribution in [0.3, 0.4) is 0 Å². The molecule has 2 aromatic heterocycles. The van der Waals surface area contributed by atoms with E-state index in [0.29, 0.717) is 6.04 Å². The van der Waals surface area contributed by atoms with E-state index >= 15 is 0 Å². The highest BCUT2D eigenvalue weighted by Gasteiger charge is 2.14. The van der Waals surface area contributed by atoms with Crippen LogP contribution in [-0.4, -0.2) is 25.7 Å². The molecule has 2 aromatic rings. The molecule has 1 unspecified atom stereocenters. The zero-order valence-electron chi connectivity index (χ0n) is 10.8. The maximum absolute atomic E-state index is 4.36. The molecule has 1 atom stereocenters. The quantitative estimate of drug-likeness (QED) is 0.831. The molecule has 18 heavy (non-hydrogen) atoms. The average molecular weight is 265 g/mol. The molecule has 0 aliphatic carbocycles. The monoisotopic (exact) mass is 265 g/mol. The number of nitrogens with one attached hydrogen (secondary N) is 1. The summed E-state index contributed by atoms with van der Waals surface area (Å²) in [6, 6.07) is 0.335. The highest BCUT2D eigenvalue weighted by molar-refractivity contribution is 7.05. The third-order valence-electron chi connectivity index (χ3n) is 2.94. The van der Waals surface area contributed by atoms with Gasteiger partial charge in [-0.1, -0.05) is 11.4 Å². The lowest BCUT2D eigenvalue weighted by Crippen LogP contribution is -2.22. The zero-order valence-corrected chi connectivity index (χ0v) is 11.7. The first-order valence-electron chi connectivity index (χ1n) is 6.28. The summed E-state index contributed by atoms with van der Waals surface area (Å²) in [5.74, 6) is 1.12. The number of aryl methyl sites for hydroxylation is 2. The van der Waals surface area contributed by atoms with Gasteiger partial charge in [-0.3, -0.25) is 0 Å². The molecule has 0 amide bonds. The van der Waals surface area contributed by atoms with Gasteiger partial charge in [0.2, 0.25) is 0 Å². The van der Waals surface area contributed by atoms with Crippen LogP contribution in [0.2, 0.25) is 0 Å². The van der Waals surface area contributed by atoms with Crippen molar-refractivity contribution in [2.24, 2.45) is 7.05 Å². The van der Waals surface area contributed by atoms with Gasteiger partial charge in [-0.25, -0.2) is 4.98 Å². The fraction of sp³-hybridized carbons (Fsp3) is 0.583. The van der Waals surface area contributed by atoms with Crippen molar-refractivity contribution in [3.8, 4) is 0 Å². The van der Waals surface area contributed by atoms with Crippen LogP contribution in [0.4, 0.5) is 0 Å². The zero-order chi connectivity index (χ0) is 12.8. The minimum absolute atomic E-state index is 0.335. The molecule has 0 fully saturated rings. The second-order valence-corrected chi connectivity index (χ2v) is 5.14. The third kappa shape index (κ3) is 3.36. The highest BCUT2D eigenvalue weighted by atomic mass is 32.1. The standard InChI is InChI=1S/C12H19N5S/c1-3-6-13-10(11-9-15-16-18-11)4-5-12-14-7-8-17(12)2/h7-10,13H,3-6H2,1-2H3. The topological polar surface area (TPSA) is 55.6 Å². The van der Waals surface area contributed by atoms with E-state index in [1.54, 1.807) is 0 Å². The molecular weight excluding hydrogens is 246 g/mol. The number of imidazole rings is 1. The van der Waals surface area contributed by atoms with Crippen LogP contribution in [0.25, 0.3) is 0 Å². The van der Waals surface area contributed by atoms with Crippen molar-refractivity contribution in [2.75, 3.05) is 6.54 Å². The molecule has 2 heterocycles. The fourth-order valence-corrected chi connectivity index (χ4v) is 2.51. The minimum atomic E-state index is 0.335. The molecule has 5 nitrogen and oxygen atoms in total. The summed E-state index contributed by atoms with van der Waals surface area (Å²) in [5.41, 5.74) is 0. The summed E-state index contributed by atoms with van der Waals surface area (Å²) < 4.78 is 6.02. The Hall–Kier alpha value is -1.27. The van der Waals surface area contributed by atoms with Crippen molar-refractivity contribution < 1.29 is 0 Å². The Morgan fingerprint density at radius 3 is 3.00 bits per heavy atom. The first kappa shape index (κ1) is 13.2. The molecule has 0 aliphatic rings. The molecule has 0 aliphatic heterocycles. The van der Waals surface area contributed by atoms with Gasteiger partial charge in [-0.2, -0.15) is 0 Å². The lowest BCUT2D eigenvalue weighted by molar-refractivity contribution is 0.497. The molecule has 98 valence electrons. The molecule has 0 bridgehead atoms. The first-order chi connectivity index (χ1) is 8.81. The van der Waals surface area contributed by atoms with Crippen LogP contribution >= 0.6 is 11.5 Å². The van der Waals surface area contributed by atoms with Crippen molar-refractivity contribution >= 4 is 11.5 Å². The largest absolute Gasteiger partial charge is 0.338 e. The van der Waals surface area contributed by atoms with Crippen LogP contribution in [0.1, 0.15) is 36.5 Å². The second kappa shape index (κ2) is 6.61. The van der Waals surface area contributed by atoms with Crippen LogP contribution in [0.15, 0.2) is 18.6 Å². The van der Waals surface area contributed by atoms with Crippen LogP contribution < -0.4 is 5.32 Å². The van der Waals surface area contributed by atoms with Gasteiger partial charge in [0.05, 0.1) is 11.1 Å². The molecule has 1 N–H and O–H groups in total. The summed E-state index contributed by atoms with van der Waals surface area (Å²) in [6.45, 7) is 3.19. The summed E-state index contributed by atoms with van der Waals surface area (Å²) >= 11 is 1.47. The molecule has 0 saturated heterocycles. The minimum Gasteiger partial charge on any atom is -0.338 e.